The van der Waals surface area contributed by atoms with Gasteiger partial charge in [0.25, 0.3) is 5.56 Å². The molecule has 0 aromatic carbocycles. The molecule has 0 spiro atoms. The molecule has 4 unspecified atom stereocenters. The van der Waals surface area contributed by atoms with Crippen LogP contribution in [-0.2, 0) is 41.4 Å². The van der Waals surface area contributed by atoms with E-state index in [1.807, 2.05) is 0 Å². The number of anilines is 2. The number of nitrogens with one attached hydrogen (secondary N) is 1. The second-order valence-corrected chi connectivity index (χ2v) is 15.1. The molecule has 24 nitrogen and oxygen atoms in total. The Bertz CT molecular complexity index is 2070. The highest BCUT2D eigenvalue weighted by Crippen LogP contribution is 2.58. The summed E-state index contributed by atoms with van der Waals surface area (Å²) in [6.45, 7) is -0.879. The van der Waals surface area contributed by atoms with Crippen molar-refractivity contribution in [3.05, 3.63) is 29.3 Å². The predicted molar refractivity (Wildman–Crippen MR) is 164 cm³/mol. The van der Waals surface area contributed by atoms with Gasteiger partial charge in [0.05, 0.1) is 39.1 Å². The van der Waals surface area contributed by atoms with Crippen LogP contribution in [0.1, 0.15) is 12.5 Å². The Morgan fingerprint density at radius 2 is 1.54 bits per heavy atom. The van der Waals surface area contributed by atoms with E-state index in [1.165, 1.54) is 32.8 Å². The number of phosphoric acid groups is 1. The van der Waals surface area contributed by atoms with Crippen molar-refractivity contribution in [3.63, 3.8) is 0 Å². The van der Waals surface area contributed by atoms with Crippen LogP contribution in [0.25, 0.3) is 22.3 Å². The molecular formula is C24H31N11O13P2. The van der Waals surface area contributed by atoms with Gasteiger partial charge in [0, 0.05) is 13.1 Å². The number of phosphoric ester groups is 1. The molecule has 4 saturated heterocycles. The molecule has 2 bridgehead atoms. The van der Waals surface area contributed by atoms with E-state index in [1.54, 1.807) is 0 Å². The summed E-state index contributed by atoms with van der Waals surface area (Å²) in [5.41, 5.74) is 11.2. The number of imidazole rings is 2. The number of aliphatic hydroxyl groups is 2. The van der Waals surface area contributed by atoms with Crippen molar-refractivity contribution in [3.8, 4) is 0 Å². The maximum absolute atomic E-state index is 14.9. The van der Waals surface area contributed by atoms with Crippen molar-refractivity contribution in [1.82, 2.24) is 43.7 Å². The Labute approximate surface area is 279 Å². The molecule has 8 rings (SSSR count). The van der Waals surface area contributed by atoms with Gasteiger partial charge >= 0.3 is 15.6 Å². The number of morpholine rings is 1. The molecule has 8 N–H and O–H groups in total. The molecule has 0 radical (unpaired) electrons. The summed E-state index contributed by atoms with van der Waals surface area (Å²) in [6.07, 6.45) is -8.26. The van der Waals surface area contributed by atoms with Crippen LogP contribution >= 0.6 is 15.6 Å². The Kier molecular flexibility index (Phi) is 8.50. The molecule has 4 aromatic rings. The van der Waals surface area contributed by atoms with Gasteiger partial charge in [-0.3, -0.25) is 37.0 Å². The number of aromatic nitrogens is 8. The molecule has 0 saturated carbocycles. The minimum atomic E-state index is -5.06. The summed E-state index contributed by atoms with van der Waals surface area (Å²) < 4.78 is 72.6. The minimum Gasteiger partial charge on any atom is -0.387 e. The number of nitrogen functional groups attached to an aromatic ring is 2. The van der Waals surface area contributed by atoms with Crippen molar-refractivity contribution >= 4 is 49.7 Å². The lowest BCUT2D eigenvalue weighted by molar-refractivity contribution is -0.0676. The van der Waals surface area contributed by atoms with Gasteiger partial charge in [0.2, 0.25) is 5.95 Å². The molecule has 8 heterocycles. The van der Waals surface area contributed by atoms with E-state index in [9.17, 15) is 29.0 Å². The standard InChI is InChI=1S/C24H31N11O13P2/c25-18-12-19(28-7-27-18)34(8-29-12)22-15(37)16-11(46-22)6-43-49(39,33-1-3-42-4-2-33)47-17-14(36)10(5-44-50(40,41)48-16)45-23(17)35-9-30-13-20(35)31-24(26)32-21(13)38/h7-11,14-17,22-23,36-37H,1-6H2,(H,40,41)(H2,25,27,28)(H3,26,31,32,38)/t10-,11-,14?,15?,16+,17+,22-,23-,49?/m1/s1. The number of ether oxygens (including phenoxy) is 3. The molecule has 10 atom stereocenters. The third-order valence-electron chi connectivity index (χ3n) is 8.66. The number of H-pyrrole nitrogens is 1. The number of nitrogens with zero attached hydrogens (tertiary/aromatic N) is 8. The first kappa shape index (κ1) is 33.7. The number of hydrogen-bond donors (Lipinski definition) is 6. The second-order valence-electron chi connectivity index (χ2n) is 11.7. The maximum Gasteiger partial charge on any atom is 0.472 e. The Morgan fingerprint density at radius 3 is 2.32 bits per heavy atom. The summed E-state index contributed by atoms with van der Waals surface area (Å²) in [7, 11) is -9.52. The van der Waals surface area contributed by atoms with Crippen molar-refractivity contribution in [2.24, 2.45) is 0 Å². The normalized spacial score (nSPS) is 37.3. The van der Waals surface area contributed by atoms with E-state index in [2.05, 4.69) is 29.9 Å². The lowest BCUT2D eigenvalue weighted by atomic mass is 10.1. The quantitative estimate of drug-likeness (QED) is 0.124. The molecule has 0 aliphatic carbocycles. The number of aromatic amines is 1. The summed E-state index contributed by atoms with van der Waals surface area (Å²) in [5.74, 6) is -0.179. The van der Waals surface area contributed by atoms with Crippen LogP contribution in [-0.4, -0.2) is 135 Å². The topological polar surface area (TPSA) is 322 Å². The fourth-order valence-electron chi connectivity index (χ4n) is 6.24. The third kappa shape index (κ3) is 5.81. The fraction of sp³-hybridized carbons (Fsp3) is 0.583. The molecule has 4 aliphatic rings. The molecule has 4 aliphatic heterocycles. The molecular weight excluding hydrogens is 712 g/mol. The van der Waals surface area contributed by atoms with Gasteiger partial charge in [-0.25, -0.2) is 33.7 Å². The van der Waals surface area contributed by atoms with E-state index in [4.69, 9.17) is 43.8 Å². The molecule has 4 aromatic heterocycles. The zero-order chi connectivity index (χ0) is 34.9. The van der Waals surface area contributed by atoms with Gasteiger partial charge in [-0.2, -0.15) is 4.98 Å². The number of hydrogen-bond acceptors (Lipinski definition) is 19. The molecule has 270 valence electrons. The SMILES string of the molecule is Nc1nc2c(ncn2[C@@H]2O[C@@H]3COP(=O)(O)O[C@@H]4C(O)[C@H](n5cnc6c(N)ncnc65)O[C@@H]4COP(=O)(N4CCOCC4)O[C@H]2C3O)c(=O)[nH]1. The lowest BCUT2D eigenvalue weighted by Gasteiger charge is -2.36. The highest BCUT2D eigenvalue weighted by molar-refractivity contribution is 7.51. The van der Waals surface area contributed by atoms with Crippen LogP contribution in [0.4, 0.5) is 11.8 Å². The lowest BCUT2D eigenvalue weighted by Crippen LogP contribution is -2.41. The van der Waals surface area contributed by atoms with Gasteiger partial charge in [0.1, 0.15) is 48.5 Å². The summed E-state index contributed by atoms with van der Waals surface area (Å²) in [5, 5.41) is 22.9. The summed E-state index contributed by atoms with van der Waals surface area (Å²) >= 11 is 0. The van der Waals surface area contributed by atoms with Crippen molar-refractivity contribution in [2.45, 2.75) is 49.1 Å². The predicted octanol–water partition coefficient (Wildman–Crippen LogP) is -2.00. The second kappa shape index (κ2) is 12.6. The first-order chi connectivity index (χ1) is 23.9. The van der Waals surface area contributed by atoms with Crippen LogP contribution in [0.3, 0.4) is 0 Å². The smallest absolute Gasteiger partial charge is 0.387 e. The van der Waals surface area contributed by atoms with Gasteiger partial charge in [-0.15, -0.1) is 0 Å². The minimum absolute atomic E-state index is 0.0562. The van der Waals surface area contributed by atoms with E-state index in [0.717, 1.165) is 0 Å². The van der Waals surface area contributed by atoms with Crippen LogP contribution in [0.15, 0.2) is 23.8 Å². The maximum atomic E-state index is 14.9. The number of fused-ring (bicyclic) bond motifs is 5. The molecule has 0 amide bonds. The Morgan fingerprint density at radius 1 is 0.840 bits per heavy atom. The van der Waals surface area contributed by atoms with Crippen molar-refractivity contribution < 1.29 is 56.5 Å². The average Bonchev–Trinajstić information content (AvgIpc) is 3.85. The molecule has 50 heavy (non-hydrogen) atoms. The van der Waals surface area contributed by atoms with Gasteiger partial charge < -0.3 is 40.8 Å². The van der Waals surface area contributed by atoms with Crippen molar-refractivity contribution in [2.75, 3.05) is 51.0 Å². The number of nitrogens with two attached hydrogens (primary N) is 2. The van der Waals surface area contributed by atoms with Crippen LogP contribution in [0.5, 0.6) is 0 Å². The zero-order valence-electron chi connectivity index (χ0n) is 25.6. The van der Waals surface area contributed by atoms with E-state index in [-0.39, 0.29) is 60.4 Å². The largest absolute Gasteiger partial charge is 0.472 e. The summed E-state index contributed by atoms with van der Waals surface area (Å²) in [6, 6.07) is 0. The molecule has 4 fully saturated rings. The van der Waals surface area contributed by atoms with Gasteiger partial charge in [0.15, 0.2) is 35.1 Å². The first-order valence-electron chi connectivity index (χ1n) is 15.2. The van der Waals surface area contributed by atoms with Gasteiger partial charge in [-0.1, -0.05) is 0 Å². The highest BCUT2D eigenvalue weighted by atomic mass is 31.2. The first-order valence-corrected chi connectivity index (χ1v) is 18.2. The van der Waals surface area contributed by atoms with Gasteiger partial charge in [-0.05, 0) is 0 Å². The van der Waals surface area contributed by atoms with E-state index in [0.29, 0.717) is 0 Å². The number of rotatable bonds is 3. The number of aliphatic hydroxyl groups excluding tert-OH is 2. The highest BCUT2D eigenvalue weighted by Gasteiger charge is 2.55. The zero-order valence-corrected chi connectivity index (χ0v) is 27.4. The van der Waals surface area contributed by atoms with Crippen molar-refractivity contribution in [1.29, 1.82) is 0 Å². The average molecular weight is 744 g/mol. The third-order valence-corrected chi connectivity index (χ3v) is 11.7. The Hall–Kier alpha value is -3.48. The van der Waals surface area contributed by atoms with E-state index >= 15 is 0 Å². The van der Waals surface area contributed by atoms with Crippen LogP contribution in [0.2, 0.25) is 0 Å². The fourth-order valence-corrected chi connectivity index (χ4v) is 9.09. The van der Waals surface area contributed by atoms with Crippen LogP contribution in [0, 0.1) is 0 Å². The molecule has 26 heteroatoms. The van der Waals surface area contributed by atoms with Crippen LogP contribution < -0.4 is 17.0 Å². The van der Waals surface area contributed by atoms with E-state index < -0.39 is 83.4 Å². The Balaban J connectivity index is 1.17. The monoisotopic (exact) mass is 743 g/mol. The summed E-state index contributed by atoms with van der Waals surface area (Å²) in [4.78, 5) is 46.1.